The molecule has 1 aliphatic carbocycles. The summed E-state index contributed by atoms with van der Waals surface area (Å²) in [4.78, 5) is 37.2. The Morgan fingerprint density at radius 2 is 1.45 bits per heavy atom. The van der Waals surface area contributed by atoms with Gasteiger partial charge in [-0.2, -0.15) is 0 Å². The minimum absolute atomic E-state index is 0.0435. The summed E-state index contributed by atoms with van der Waals surface area (Å²) in [5, 5.41) is 23.3. The highest BCUT2D eigenvalue weighted by molar-refractivity contribution is 5.89. The first-order chi connectivity index (χ1) is 18.4. The fourth-order valence-corrected chi connectivity index (χ4v) is 4.51. The number of hydrogen-bond donors (Lipinski definition) is 4. The van der Waals surface area contributed by atoms with Crippen molar-refractivity contribution in [2.24, 2.45) is 0 Å². The Labute approximate surface area is 220 Å². The van der Waals surface area contributed by atoms with Crippen molar-refractivity contribution in [3.8, 4) is 11.1 Å². The molecule has 3 atom stereocenters. The number of aliphatic hydroxyl groups excluding tert-OH is 1. The number of benzene rings is 3. The van der Waals surface area contributed by atoms with Gasteiger partial charge in [0.1, 0.15) is 18.7 Å². The first-order valence-electron chi connectivity index (χ1n) is 12.3. The number of amides is 2. The van der Waals surface area contributed by atoms with E-state index in [2.05, 4.69) is 10.6 Å². The number of rotatable bonds is 11. The number of alkyl carbamates (subject to hydrolysis) is 1. The molecule has 0 saturated heterocycles. The van der Waals surface area contributed by atoms with Crippen molar-refractivity contribution in [2.45, 2.75) is 37.6 Å². The van der Waals surface area contributed by atoms with Crippen molar-refractivity contribution in [1.29, 1.82) is 0 Å². The van der Waals surface area contributed by atoms with Crippen LogP contribution in [0.5, 0.6) is 0 Å². The van der Waals surface area contributed by atoms with E-state index in [1.165, 1.54) is 0 Å². The van der Waals surface area contributed by atoms with Gasteiger partial charge in [-0.1, -0.05) is 78.9 Å². The lowest BCUT2D eigenvalue weighted by Gasteiger charge is -2.26. The summed E-state index contributed by atoms with van der Waals surface area (Å²) in [7, 11) is 0. The molecular weight excluding hydrogens is 488 g/mol. The van der Waals surface area contributed by atoms with E-state index in [1.54, 1.807) is 6.92 Å². The molecule has 4 rings (SSSR count). The van der Waals surface area contributed by atoms with Crippen LogP contribution >= 0.6 is 0 Å². The van der Waals surface area contributed by atoms with Crippen LogP contribution in [0.15, 0.2) is 78.9 Å². The lowest BCUT2D eigenvalue weighted by Crippen LogP contribution is -2.57. The van der Waals surface area contributed by atoms with E-state index in [1.807, 2.05) is 78.9 Å². The normalized spacial score (nSPS) is 14.5. The largest absolute Gasteiger partial charge is 0.480 e. The highest BCUT2D eigenvalue weighted by Gasteiger charge is 2.33. The molecule has 0 spiro atoms. The lowest BCUT2D eigenvalue weighted by molar-refractivity contribution is -0.144. The maximum Gasteiger partial charge on any atom is 0.407 e. The number of carbonyl (C=O) groups is 3. The van der Waals surface area contributed by atoms with Crippen LogP contribution < -0.4 is 10.6 Å². The van der Waals surface area contributed by atoms with Crippen LogP contribution in [0.25, 0.3) is 11.1 Å². The zero-order valence-electron chi connectivity index (χ0n) is 20.9. The summed E-state index contributed by atoms with van der Waals surface area (Å²) in [6.07, 6.45) is -1.69. The average molecular weight is 519 g/mol. The Hall–Kier alpha value is -4.21. The van der Waals surface area contributed by atoms with Crippen LogP contribution in [0, 0.1) is 0 Å². The van der Waals surface area contributed by atoms with Gasteiger partial charge in [-0.3, -0.25) is 4.79 Å². The molecule has 198 valence electrons. The summed E-state index contributed by atoms with van der Waals surface area (Å²) in [5.41, 5.74) is 5.12. The molecule has 3 aromatic rings. The summed E-state index contributed by atoms with van der Waals surface area (Å²) in [5.74, 6) is -2.39. The van der Waals surface area contributed by atoms with Gasteiger partial charge >= 0.3 is 12.1 Å². The molecule has 1 aliphatic rings. The van der Waals surface area contributed by atoms with Crippen LogP contribution in [0.3, 0.4) is 0 Å². The van der Waals surface area contributed by atoms with Gasteiger partial charge in [0.15, 0.2) is 0 Å². The molecule has 0 bridgehead atoms. The number of ether oxygens (including phenoxy) is 2. The fourth-order valence-electron chi connectivity index (χ4n) is 4.51. The number of carboxylic acids is 1. The van der Waals surface area contributed by atoms with Crippen molar-refractivity contribution in [3.63, 3.8) is 0 Å². The van der Waals surface area contributed by atoms with Gasteiger partial charge in [-0.05, 0) is 34.7 Å². The molecule has 0 aliphatic heterocycles. The molecule has 2 unspecified atom stereocenters. The van der Waals surface area contributed by atoms with Crippen LogP contribution in [0.1, 0.15) is 29.5 Å². The highest BCUT2D eigenvalue weighted by Crippen LogP contribution is 2.44. The van der Waals surface area contributed by atoms with Gasteiger partial charge in [0.25, 0.3) is 0 Å². The maximum atomic E-state index is 13.0. The number of hydrogen-bond acceptors (Lipinski definition) is 6. The molecule has 4 N–H and O–H groups in total. The van der Waals surface area contributed by atoms with Crippen LogP contribution in [-0.4, -0.2) is 59.6 Å². The molecular formula is C29H30N2O7. The standard InChI is InChI=1S/C29H30N2O7/c1-18(37-16-19-9-3-2-4-10-19)26(27(33)30-25(15-32)28(34)35)31-29(36)38-17-24-22-13-7-5-11-20(22)21-12-6-8-14-23(21)24/h2-14,18,24-26,32H,15-17H2,1H3,(H,30,33)(H,31,36)(H,34,35)/t18?,25-,26?/m0/s1. The molecule has 0 radical (unpaired) electrons. The molecule has 3 aromatic carbocycles. The smallest absolute Gasteiger partial charge is 0.407 e. The van der Waals surface area contributed by atoms with Crippen LogP contribution in [0.4, 0.5) is 4.79 Å². The molecule has 9 nitrogen and oxygen atoms in total. The molecule has 2 amide bonds. The third kappa shape index (κ3) is 6.19. The minimum Gasteiger partial charge on any atom is -0.480 e. The zero-order valence-corrected chi connectivity index (χ0v) is 20.9. The van der Waals surface area contributed by atoms with Crippen molar-refractivity contribution < 1.29 is 34.1 Å². The van der Waals surface area contributed by atoms with E-state index in [0.29, 0.717) is 0 Å². The zero-order chi connectivity index (χ0) is 27.1. The Morgan fingerprint density at radius 1 is 0.868 bits per heavy atom. The van der Waals surface area contributed by atoms with E-state index in [-0.39, 0.29) is 19.1 Å². The third-order valence-electron chi connectivity index (χ3n) is 6.52. The van der Waals surface area contributed by atoms with E-state index in [9.17, 15) is 24.6 Å². The summed E-state index contributed by atoms with van der Waals surface area (Å²) < 4.78 is 11.4. The first kappa shape index (κ1) is 26.8. The summed E-state index contributed by atoms with van der Waals surface area (Å²) >= 11 is 0. The number of carboxylic acid groups (broad SMARTS) is 1. The number of carbonyl (C=O) groups excluding carboxylic acids is 2. The van der Waals surface area contributed by atoms with E-state index < -0.39 is 42.8 Å². The van der Waals surface area contributed by atoms with Crippen LogP contribution in [-0.2, 0) is 25.7 Å². The van der Waals surface area contributed by atoms with Crippen LogP contribution in [0.2, 0.25) is 0 Å². The highest BCUT2D eigenvalue weighted by atomic mass is 16.5. The Morgan fingerprint density at radius 3 is 2.03 bits per heavy atom. The van der Waals surface area contributed by atoms with Crippen molar-refractivity contribution >= 4 is 18.0 Å². The number of aliphatic hydroxyl groups is 1. The minimum atomic E-state index is -1.53. The van der Waals surface area contributed by atoms with Gasteiger partial charge < -0.3 is 30.3 Å². The van der Waals surface area contributed by atoms with Crippen molar-refractivity contribution in [2.75, 3.05) is 13.2 Å². The van der Waals surface area contributed by atoms with E-state index >= 15 is 0 Å². The SMILES string of the molecule is CC(OCc1ccccc1)C(NC(=O)OCC1c2ccccc2-c2ccccc21)C(=O)N[C@@H](CO)C(=O)O. The third-order valence-corrected chi connectivity index (χ3v) is 6.52. The predicted molar refractivity (Wildman–Crippen MR) is 139 cm³/mol. The molecule has 0 aromatic heterocycles. The number of aliphatic carboxylic acids is 1. The second-order valence-corrected chi connectivity index (χ2v) is 9.03. The first-order valence-corrected chi connectivity index (χ1v) is 12.3. The Bertz CT molecular complexity index is 1240. The molecule has 0 saturated carbocycles. The maximum absolute atomic E-state index is 13.0. The molecule has 38 heavy (non-hydrogen) atoms. The van der Waals surface area contributed by atoms with Gasteiger partial charge in [0, 0.05) is 5.92 Å². The predicted octanol–water partition coefficient (Wildman–Crippen LogP) is 3.06. The topological polar surface area (TPSA) is 134 Å². The van der Waals surface area contributed by atoms with Gasteiger partial charge in [0.05, 0.1) is 19.3 Å². The molecule has 0 fully saturated rings. The lowest BCUT2D eigenvalue weighted by atomic mass is 9.98. The van der Waals surface area contributed by atoms with Gasteiger partial charge in [0.2, 0.25) is 5.91 Å². The van der Waals surface area contributed by atoms with Gasteiger partial charge in [-0.25, -0.2) is 9.59 Å². The monoisotopic (exact) mass is 518 g/mol. The van der Waals surface area contributed by atoms with Crippen molar-refractivity contribution in [1.82, 2.24) is 10.6 Å². The Balaban J connectivity index is 1.45. The van der Waals surface area contributed by atoms with Gasteiger partial charge in [-0.15, -0.1) is 0 Å². The number of fused-ring (bicyclic) bond motifs is 3. The second-order valence-electron chi connectivity index (χ2n) is 9.03. The quantitative estimate of drug-likeness (QED) is 0.307. The average Bonchev–Trinajstić information content (AvgIpc) is 3.26. The van der Waals surface area contributed by atoms with E-state index in [0.717, 1.165) is 27.8 Å². The fraction of sp³-hybridized carbons (Fsp3) is 0.276. The summed E-state index contributed by atoms with van der Waals surface area (Å²) in [6, 6.07) is 22.3. The Kier molecular flexibility index (Phi) is 8.73. The second kappa shape index (κ2) is 12.4. The summed E-state index contributed by atoms with van der Waals surface area (Å²) in [6.45, 7) is 0.992. The van der Waals surface area contributed by atoms with Crippen molar-refractivity contribution in [3.05, 3.63) is 95.6 Å². The number of nitrogens with one attached hydrogen (secondary N) is 2. The molecule has 9 heteroatoms. The molecule has 0 heterocycles. The van der Waals surface area contributed by atoms with E-state index in [4.69, 9.17) is 9.47 Å².